The van der Waals surface area contributed by atoms with E-state index in [1.807, 2.05) is 13.0 Å². The van der Waals surface area contributed by atoms with Gasteiger partial charge in [0.15, 0.2) is 0 Å². The molecule has 3 rings (SSSR count). The molecule has 2 aromatic rings. The molecule has 0 aromatic heterocycles. The first-order valence-corrected chi connectivity index (χ1v) is 9.21. The smallest absolute Gasteiger partial charge is 0.319 e. The van der Waals surface area contributed by atoms with Gasteiger partial charge in [-0.05, 0) is 43.7 Å². The molecule has 0 radical (unpaired) electrons. The third-order valence-corrected chi connectivity index (χ3v) is 5.14. The summed E-state index contributed by atoms with van der Waals surface area (Å²) < 4.78 is 0. The zero-order chi connectivity index (χ0) is 19.7. The molecule has 0 unspecified atom stereocenters. The summed E-state index contributed by atoms with van der Waals surface area (Å²) in [4.78, 5) is 25.1. The van der Waals surface area contributed by atoms with Gasteiger partial charge in [-0.15, -0.1) is 0 Å². The van der Waals surface area contributed by atoms with Crippen LogP contribution in [0.2, 0.25) is 15.1 Å². The fourth-order valence-corrected chi connectivity index (χ4v) is 3.70. The molecule has 1 aliphatic rings. The molecule has 0 bridgehead atoms. The van der Waals surface area contributed by atoms with Crippen molar-refractivity contribution in [3.63, 3.8) is 0 Å². The number of hydrogen-bond donors (Lipinski definition) is 3. The Balaban J connectivity index is 2.04. The van der Waals surface area contributed by atoms with Crippen molar-refractivity contribution in [2.75, 3.05) is 5.32 Å². The van der Waals surface area contributed by atoms with Gasteiger partial charge in [0.2, 0.25) is 0 Å². The minimum atomic E-state index is -0.792. The van der Waals surface area contributed by atoms with Crippen molar-refractivity contribution in [1.82, 2.24) is 10.6 Å². The van der Waals surface area contributed by atoms with Gasteiger partial charge in [0.1, 0.15) is 0 Å². The molecule has 0 saturated carbocycles. The quantitative estimate of drug-likeness (QED) is 0.632. The molecule has 140 valence electrons. The molecule has 1 aliphatic heterocycles. The van der Waals surface area contributed by atoms with Gasteiger partial charge >= 0.3 is 6.03 Å². The Kier molecular flexibility index (Phi) is 5.65. The van der Waals surface area contributed by atoms with Gasteiger partial charge in [-0.25, -0.2) is 4.79 Å². The third kappa shape index (κ3) is 4.05. The van der Waals surface area contributed by atoms with Gasteiger partial charge < -0.3 is 16.0 Å². The minimum absolute atomic E-state index is 0.309. The molecule has 0 saturated heterocycles. The topological polar surface area (TPSA) is 70.2 Å². The lowest BCUT2D eigenvalue weighted by Gasteiger charge is -2.30. The van der Waals surface area contributed by atoms with E-state index in [1.54, 1.807) is 37.3 Å². The zero-order valence-corrected chi connectivity index (χ0v) is 16.8. The number of halogens is 3. The second kappa shape index (κ2) is 7.80. The third-order valence-electron chi connectivity index (χ3n) is 4.25. The number of nitrogens with one attached hydrogen (secondary N) is 3. The van der Waals surface area contributed by atoms with E-state index in [1.165, 1.54) is 0 Å². The van der Waals surface area contributed by atoms with Gasteiger partial charge in [-0.2, -0.15) is 0 Å². The van der Waals surface area contributed by atoms with Gasteiger partial charge in [0, 0.05) is 32.0 Å². The van der Waals surface area contributed by atoms with Crippen LogP contribution in [-0.2, 0) is 4.79 Å². The summed E-state index contributed by atoms with van der Waals surface area (Å²) in [6.07, 6.45) is 0. The Bertz CT molecular complexity index is 952. The normalized spacial score (nSPS) is 16.6. The van der Waals surface area contributed by atoms with Crippen molar-refractivity contribution in [1.29, 1.82) is 0 Å². The molecule has 1 atom stereocenters. The number of allylic oxidation sites excluding steroid dienone is 1. The van der Waals surface area contributed by atoms with Crippen LogP contribution >= 0.6 is 34.8 Å². The number of hydrogen-bond acceptors (Lipinski definition) is 2. The van der Waals surface area contributed by atoms with E-state index in [-0.39, 0.29) is 0 Å². The molecular weight excluding hydrogens is 409 g/mol. The van der Waals surface area contributed by atoms with E-state index < -0.39 is 18.0 Å². The fraction of sp³-hybridized carbons (Fsp3) is 0.158. The lowest BCUT2D eigenvalue weighted by atomic mass is 9.94. The van der Waals surface area contributed by atoms with E-state index in [9.17, 15) is 9.59 Å². The van der Waals surface area contributed by atoms with Crippen molar-refractivity contribution >= 4 is 52.4 Å². The summed E-state index contributed by atoms with van der Waals surface area (Å²) in [5.41, 5.74) is 2.61. The fourth-order valence-electron chi connectivity index (χ4n) is 2.92. The first-order chi connectivity index (χ1) is 12.8. The van der Waals surface area contributed by atoms with Crippen LogP contribution in [0, 0.1) is 6.92 Å². The average molecular weight is 425 g/mol. The minimum Gasteiger partial charge on any atom is -0.327 e. The summed E-state index contributed by atoms with van der Waals surface area (Å²) in [5.74, 6) is -0.397. The van der Waals surface area contributed by atoms with Gasteiger partial charge in [-0.3, -0.25) is 4.79 Å². The van der Waals surface area contributed by atoms with Crippen molar-refractivity contribution in [2.45, 2.75) is 19.9 Å². The molecule has 3 N–H and O–H groups in total. The Labute approximate surface area is 171 Å². The number of carbonyl (C=O) groups excluding carboxylic acids is 2. The zero-order valence-electron chi connectivity index (χ0n) is 14.5. The van der Waals surface area contributed by atoms with Crippen LogP contribution in [0.25, 0.3) is 0 Å². The lowest BCUT2D eigenvalue weighted by molar-refractivity contribution is -0.113. The maximum absolute atomic E-state index is 13.1. The number of rotatable bonds is 3. The molecule has 5 nitrogen and oxygen atoms in total. The summed E-state index contributed by atoms with van der Waals surface area (Å²) >= 11 is 18.6. The molecule has 1 heterocycles. The highest BCUT2D eigenvalue weighted by molar-refractivity contribution is 6.36. The van der Waals surface area contributed by atoms with E-state index in [2.05, 4.69) is 16.0 Å². The maximum atomic E-state index is 13.1. The number of anilines is 1. The highest BCUT2D eigenvalue weighted by atomic mass is 35.5. The molecule has 2 aromatic carbocycles. The van der Waals surface area contributed by atoms with Crippen molar-refractivity contribution < 1.29 is 9.59 Å². The molecular formula is C19H16Cl3N3O2. The number of amides is 3. The van der Waals surface area contributed by atoms with Crippen LogP contribution in [0.5, 0.6) is 0 Å². The highest BCUT2D eigenvalue weighted by Gasteiger charge is 2.33. The molecule has 0 fully saturated rings. The molecule has 0 aliphatic carbocycles. The first kappa shape index (κ1) is 19.5. The highest BCUT2D eigenvalue weighted by Crippen LogP contribution is 2.37. The first-order valence-electron chi connectivity index (χ1n) is 8.07. The van der Waals surface area contributed by atoms with E-state index in [0.717, 1.165) is 5.56 Å². The monoisotopic (exact) mass is 423 g/mol. The summed E-state index contributed by atoms with van der Waals surface area (Å²) in [7, 11) is 0. The summed E-state index contributed by atoms with van der Waals surface area (Å²) in [5, 5.41) is 9.40. The second-order valence-corrected chi connectivity index (χ2v) is 7.37. The van der Waals surface area contributed by atoms with Crippen LogP contribution in [0.15, 0.2) is 47.7 Å². The van der Waals surface area contributed by atoms with Crippen molar-refractivity contribution in [2.24, 2.45) is 0 Å². The molecule has 8 heteroatoms. The van der Waals surface area contributed by atoms with Crippen molar-refractivity contribution in [3.05, 3.63) is 73.9 Å². The van der Waals surface area contributed by atoms with Crippen LogP contribution in [-0.4, -0.2) is 11.9 Å². The van der Waals surface area contributed by atoms with Crippen LogP contribution < -0.4 is 16.0 Å². The predicted octanol–water partition coefficient (Wildman–Crippen LogP) is 5.22. The van der Waals surface area contributed by atoms with E-state index in [4.69, 9.17) is 34.8 Å². The number of carbonyl (C=O) groups is 2. The molecule has 3 amide bonds. The number of benzene rings is 2. The van der Waals surface area contributed by atoms with Crippen LogP contribution in [0.3, 0.4) is 0 Å². The van der Waals surface area contributed by atoms with Gasteiger partial charge in [0.05, 0.1) is 11.6 Å². The number of aryl methyl sites for hydroxylation is 1. The van der Waals surface area contributed by atoms with Gasteiger partial charge in [0.25, 0.3) is 5.91 Å². The van der Waals surface area contributed by atoms with Crippen molar-refractivity contribution in [3.8, 4) is 0 Å². The predicted molar refractivity (Wildman–Crippen MR) is 108 cm³/mol. The molecule has 27 heavy (non-hydrogen) atoms. The Hall–Kier alpha value is -2.21. The summed E-state index contributed by atoms with van der Waals surface area (Å²) in [6.45, 7) is 3.51. The lowest BCUT2D eigenvalue weighted by Crippen LogP contribution is -2.46. The van der Waals surface area contributed by atoms with Crippen LogP contribution in [0.1, 0.15) is 24.1 Å². The second-order valence-electron chi connectivity index (χ2n) is 6.12. The summed E-state index contributed by atoms with van der Waals surface area (Å²) in [6, 6.07) is 8.99. The van der Waals surface area contributed by atoms with Gasteiger partial charge in [-0.1, -0.05) is 46.9 Å². The number of urea groups is 1. The largest absolute Gasteiger partial charge is 0.327 e. The Morgan fingerprint density at radius 3 is 2.41 bits per heavy atom. The maximum Gasteiger partial charge on any atom is 0.319 e. The molecule has 0 spiro atoms. The van der Waals surface area contributed by atoms with E-state index >= 15 is 0 Å². The van der Waals surface area contributed by atoms with E-state index in [0.29, 0.717) is 37.6 Å². The Morgan fingerprint density at radius 1 is 1.07 bits per heavy atom. The Morgan fingerprint density at radius 2 is 1.74 bits per heavy atom. The average Bonchev–Trinajstić information content (AvgIpc) is 2.57. The van der Waals surface area contributed by atoms with Crippen LogP contribution in [0.4, 0.5) is 10.5 Å². The standard InChI is InChI=1S/C19H16Cl3N3O2/c1-9-6-7-11(20)8-14(9)24-18(26)15-10(2)23-19(27)25-17(15)16-12(21)4-3-5-13(16)22/h3-8,17H,1-2H3,(H,24,26)(H2,23,25,27)/t17-/m0/s1. The SMILES string of the molecule is CC1=C(C(=O)Nc2cc(Cl)ccc2C)[C@@H](c2c(Cl)cccc2Cl)NC(=O)N1.